The summed E-state index contributed by atoms with van der Waals surface area (Å²) >= 11 is 1.01. The Hall–Kier alpha value is -0.960. The molecule has 0 spiro atoms. The van der Waals surface area contributed by atoms with Crippen LogP contribution in [0, 0.1) is 0 Å². The fourth-order valence-electron chi connectivity index (χ4n) is 1.43. The van der Waals surface area contributed by atoms with Gasteiger partial charge in [-0.05, 0) is 26.0 Å². The van der Waals surface area contributed by atoms with Crippen LogP contribution in [0.5, 0.6) is 0 Å². The van der Waals surface area contributed by atoms with E-state index >= 15 is 0 Å². The number of hydrogen-bond acceptors (Lipinski definition) is 5. The first-order valence-electron chi connectivity index (χ1n) is 5.81. The van der Waals surface area contributed by atoms with Crippen LogP contribution >= 0.6 is 11.3 Å². The third-order valence-electron chi connectivity index (χ3n) is 2.23. The van der Waals surface area contributed by atoms with Gasteiger partial charge in [-0.25, -0.2) is 13.6 Å². The second kappa shape index (κ2) is 6.99. The van der Waals surface area contributed by atoms with Crippen LogP contribution in [0.3, 0.4) is 0 Å². The molecule has 19 heavy (non-hydrogen) atoms. The first kappa shape index (κ1) is 16.1. The fourth-order valence-corrected chi connectivity index (χ4v) is 3.20. The van der Waals surface area contributed by atoms with Crippen molar-refractivity contribution in [2.75, 3.05) is 13.2 Å². The Morgan fingerprint density at radius 3 is 2.74 bits per heavy atom. The lowest BCUT2D eigenvalue weighted by atomic mass is 10.3. The average Bonchev–Trinajstić information content (AvgIpc) is 2.74. The summed E-state index contributed by atoms with van der Waals surface area (Å²) in [4.78, 5) is 12.4. The molecule has 3 N–H and O–H groups in total. The van der Waals surface area contributed by atoms with E-state index in [1.54, 1.807) is 6.07 Å². The van der Waals surface area contributed by atoms with Crippen LogP contribution in [0.2, 0.25) is 0 Å². The lowest BCUT2D eigenvalue weighted by molar-refractivity contribution is -0.121. The first-order valence-corrected chi connectivity index (χ1v) is 8.17. The Kier molecular flexibility index (Phi) is 5.92. The molecule has 1 heterocycles. The van der Waals surface area contributed by atoms with Crippen molar-refractivity contribution >= 4 is 27.3 Å². The highest BCUT2D eigenvalue weighted by atomic mass is 32.2. The maximum Gasteiger partial charge on any atom is 0.247 e. The van der Waals surface area contributed by atoms with Crippen LogP contribution in [-0.4, -0.2) is 33.6 Å². The third kappa shape index (κ3) is 5.68. The number of thiophene rings is 1. The summed E-state index contributed by atoms with van der Waals surface area (Å²) in [5.41, 5.74) is 0. The number of sulfonamides is 1. The first-order chi connectivity index (χ1) is 8.82. The summed E-state index contributed by atoms with van der Waals surface area (Å²) in [5.74, 6) is -0.171. The Bertz CT molecular complexity index is 525. The number of ether oxygens (including phenoxy) is 1. The van der Waals surface area contributed by atoms with Crippen molar-refractivity contribution < 1.29 is 17.9 Å². The van der Waals surface area contributed by atoms with Gasteiger partial charge in [-0.1, -0.05) is 0 Å². The lowest BCUT2D eigenvalue weighted by Crippen LogP contribution is -2.36. The molecule has 0 radical (unpaired) electrons. The fraction of sp³-hybridized carbons (Fsp3) is 0.545. The Balaban J connectivity index is 2.51. The Labute approximate surface area is 117 Å². The van der Waals surface area contributed by atoms with Crippen molar-refractivity contribution in [1.29, 1.82) is 0 Å². The summed E-state index contributed by atoms with van der Waals surface area (Å²) in [6.07, 6.45) is 0.136. The molecule has 8 heteroatoms. The molecule has 1 unspecified atom stereocenters. The number of nitrogens with two attached hydrogens (primary N) is 1. The highest BCUT2D eigenvalue weighted by Gasteiger charge is 2.14. The average molecular weight is 306 g/mol. The van der Waals surface area contributed by atoms with Crippen LogP contribution in [0.25, 0.3) is 0 Å². The molecular weight excluding hydrogens is 288 g/mol. The molecule has 1 aromatic heterocycles. The zero-order valence-electron chi connectivity index (χ0n) is 10.9. The minimum atomic E-state index is -3.69. The van der Waals surface area contributed by atoms with E-state index in [1.807, 2.05) is 13.8 Å². The van der Waals surface area contributed by atoms with Gasteiger partial charge in [0.15, 0.2) is 0 Å². The molecule has 1 amide bonds. The molecule has 108 valence electrons. The predicted molar refractivity (Wildman–Crippen MR) is 73.5 cm³/mol. The van der Waals surface area contributed by atoms with E-state index in [2.05, 4.69) is 5.32 Å². The maximum absolute atomic E-state index is 11.7. The van der Waals surface area contributed by atoms with Crippen molar-refractivity contribution in [2.45, 2.75) is 30.5 Å². The largest absolute Gasteiger partial charge is 0.380 e. The summed E-state index contributed by atoms with van der Waals surface area (Å²) < 4.78 is 27.5. The monoisotopic (exact) mass is 306 g/mol. The van der Waals surface area contributed by atoms with Crippen LogP contribution in [0.15, 0.2) is 16.3 Å². The topological polar surface area (TPSA) is 98.5 Å². The molecule has 0 aliphatic heterocycles. The Morgan fingerprint density at radius 1 is 1.53 bits per heavy atom. The van der Waals surface area contributed by atoms with Gasteiger partial charge in [0.05, 0.1) is 13.0 Å². The second-order valence-electron chi connectivity index (χ2n) is 4.07. The third-order valence-corrected chi connectivity index (χ3v) is 4.76. The van der Waals surface area contributed by atoms with Gasteiger partial charge >= 0.3 is 0 Å². The van der Waals surface area contributed by atoms with Crippen LogP contribution in [-0.2, 0) is 26.0 Å². The molecule has 0 aliphatic rings. The van der Waals surface area contributed by atoms with E-state index < -0.39 is 10.0 Å². The van der Waals surface area contributed by atoms with Crippen molar-refractivity contribution in [3.8, 4) is 0 Å². The summed E-state index contributed by atoms with van der Waals surface area (Å²) in [6, 6.07) is 2.92. The van der Waals surface area contributed by atoms with E-state index in [0.717, 1.165) is 11.3 Å². The van der Waals surface area contributed by atoms with Crippen LogP contribution in [0.4, 0.5) is 0 Å². The maximum atomic E-state index is 11.7. The molecule has 0 aromatic carbocycles. The molecule has 1 atom stereocenters. The number of primary sulfonamides is 1. The van der Waals surface area contributed by atoms with E-state index in [1.165, 1.54) is 6.07 Å². The molecule has 0 saturated carbocycles. The van der Waals surface area contributed by atoms with Crippen molar-refractivity contribution in [3.05, 3.63) is 17.0 Å². The van der Waals surface area contributed by atoms with Crippen molar-refractivity contribution in [3.63, 3.8) is 0 Å². The van der Waals surface area contributed by atoms with E-state index in [9.17, 15) is 13.2 Å². The van der Waals surface area contributed by atoms with Gasteiger partial charge in [0, 0.05) is 17.5 Å². The highest BCUT2D eigenvalue weighted by Crippen LogP contribution is 2.20. The molecule has 1 aromatic rings. The molecule has 0 aliphatic carbocycles. The van der Waals surface area contributed by atoms with E-state index in [-0.39, 0.29) is 22.6 Å². The smallest absolute Gasteiger partial charge is 0.247 e. The van der Waals surface area contributed by atoms with Crippen LogP contribution in [0.1, 0.15) is 18.7 Å². The number of nitrogens with one attached hydrogen (secondary N) is 1. The SMILES string of the molecule is CCOCC(C)NC(=O)Cc1ccc(S(N)(=O)=O)s1. The zero-order valence-corrected chi connectivity index (χ0v) is 12.5. The lowest BCUT2D eigenvalue weighted by Gasteiger charge is -2.13. The van der Waals surface area contributed by atoms with Gasteiger partial charge in [0.2, 0.25) is 15.9 Å². The van der Waals surface area contributed by atoms with E-state index in [0.29, 0.717) is 18.1 Å². The van der Waals surface area contributed by atoms with Gasteiger partial charge in [-0.2, -0.15) is 0 Å². The van der Waals surface area contributed by atoms with Gasteiger partial charge in [-0.15, -0.1) is 11.3 Å². The van der Waals surface area contributed by atoms with Gasteiger partial charge < -0.3 is 10.1 Å². The summed E-state index contributed by atoms with van der Waals surface area (Å²) in [7, 11) is -3.69. The molecule has 0 fully saturated rings. The minimum absolute atomic E-state index is 0.0673. The van der Waals surface area contributed by atoms with E-state index in [4.69, 9.17) is 9.88 Å². The molecule has 1 rings (SSSR count). The van der Waals surface area contributed by atoms with Gasteiger partial charge in [0.25, 0.3) is 0 Å². The van der Waals surface area contributed by atoms with Crippen molar-refractivity contribution in [1.82, 2.24) is 5.32 Å². The number of carbonyl (C=O) groups excluding carboxylic acids is 1. The number of amides is 1. The minimum Gasteiger partial charge on any atom is -0.380 e. The number of hydrogen-bond donors (Lipinski definition) is 2. The van der Waals surface area contributed by atoms with Crippen molar-refractivity contribution in [2.24, 2.45) is 5.14 Å². The summed E-state index contributed by atoms with van der Waals surface area (Å²) in [5, 5.41) is 7.78. The number of rotatable bonds is 7. The summed E-state index contributed by atoms with van der Waals surface area (Å²) in [6.45, 7) is 4.78. The normalized spacial score (nSPS) is 13.2. The Morgan fingerprint density at radius 2 is 2.21 bits per heavy atom. The highest BCUT2D eigenvalue weighted by molar-refractivity contribution is 7.91. The second-order valence-corrected chi connectivity index (χ2v) is 7.03. The number of carbonyl (C=O) groups is 1. The molecule has 6 nitrogen and oxygen atoms in total. The molecular formula is C11H18N2O4S2. The van der Waals surface area contributed by atoms with Crippen LogP contribution < -0.4 is 10.5 Å². The standard InChI is InChI=1S/C11H18N2O4S2/c1-3-17-7-8(2)13-10(14)6-9-4-5-11(18-9)19(12,15)16/h4-5,8H,3,6-7H2,1-2H3,(H,13,14)(H2,12,15,16). The van der Waals surface area contributed by atoms with Gasteiger partial charge in [-0.3, -0.25) is 4.79 Å². The predicted octanol–water partition coefficient (Wildman–Crippen LogP) is 0.479. The molecule has 0 bridgehead atoms. The zero-order chi connectivity index (χ0) is 14.5. The quantitative estimate of drug-likeness (QED) is 0.765. The molecule has 0 saturated heterocycles. The van der Waals surface area contributed by atoms with Gasteiger partial charge in [0.1, 0.15) is 4.21 Å².